The first-order chi connectivity index (χ1) is 21.2. The van der Waals surface area contributed by atoms with Gasteiger partial charge in [0.1, 0.15) is 0 Å². The van der Waals surface area contributed by atoms with Crippen LogP contribution in [0.5, 0.6) is 0 Å². The normalized spacial score (nSPS) is 21.0. The molecule has 16 heteroatoms. The van der Waals surface area contributed by atoms with Crippen LogP contribution in [-0.4, -0.2) is 82.6 Å². The average molecular weight is 700 g/mol. The van der Waals surface area contributed by atoms with Crippen LogP contribution < -0.4 is 14.8 Å². The van der Waals surface area contributed by atoms with Gasteiger partial charge in [0.15, 0.2) is 0 Å². The van der Waals surface area contributed by atoms with Crippen molar-refractivity contribution >= 4 is 72.5 Å². The van der Waals surface area contributed by atoms with E-state index in [9.17, 15) is 31.2 Å². The van der Waals surface area contributed by atoms with E-state index >= 15 is 0 Å². The Morgan fingerprint density at radius 2 is 1.80 bits per heavy atom. The van der Waals surface area contributed by atoms with Gasteiger partial charge in [0.2, 0.25) is 37.8 Å². The fourth-order valence-electron chi connectivity index (χ4n) is 5.58. The SMILES string of the molecule is CC(=O)Nc1ccc(S(=O)(=O)NC[C@@]2(C)CCCN2C(=O)CN2CCC[C@@H](CCNS(=O)(=O)/C=C/c3ccc(Cl)s3)C2=O)cc1. The lowest BCUT2D eigenvalue weighted by Crippen LogP contribution is -2.55. The van der Waals surface area contributed by atoms with Crippen LogP contribution in [0.4, 0.5) is 5.69 Å². The summed E-state index contributed by atoms with van der Waals surface area (Å²) in [5.41, 5.74) is -0.302. The summed E-state index contributed by atoms with van der Waals surface area (Å²) in [6, 6.07) is 9.20. The zero-order chi connectivity index (χ0) is 32.8. The summed E-state index contributed by atoms with van der Waals surface area (Å²) in [5.74, 6) is -1.13. The van der Waals surface area contributed by atoms with Crippen molar-refractivity contribution in [3.05, 3.63) is 51.0 Å². The van der Waals surface area contributed by atoms with Gasteiger partial charge in [-0.3, -0.25) is 14.4 Å². The second-order valence-electron chi connectivity index (χ2n) is 11.4. The standard InChI is InChI=1S/C29H38ClN5O7S3/c1-21(36)33-23-6-9-25(10-7-23)45(41,42)32-20-29(2)14-4-17-35(29)27(37)19-34-16-3-5-22(28(34)38)12-15-31-44(39,40)18-13-24-8-11-26(30)43-24/h6-11,13,18,22,31-32H,3-5,12,14-17,19-20H2,1-2H3,(H,33,36)/b18-13+/t22-,29+/m0/s1. The summed E-state index contributed by atoms with van der Waals surface area (Å²) in [6.07, 6.45) is 4.34. The number of likely N-dealkylation sites (tertiary alicyclic amines) is 2. The first-order valence-electron chi connectivity index (χ1n) is 14.6. The maximum Gasteiger partial charge on any atom is 0.242 e. The number of halogens is 1. The molecule has 246 valence electrons. The number of carbonyl (C=O) groups is 3. The number of anilines is 1. The molecule has 12 nitrogen and oxygen atoms in total. The predicted molar refractivity (Wildman–Crippen MR) is 174 cm³/mol. The minimum atomic E-state index is -3.88. The topological polar surface area (TPSA) is 162 Å². The fraction of sp³-hybridized carbons (Fsp3) is 0.483. The van der Waals surface area contributed by atoms with Crippen molar-refractivity contribution in [2.24, 2.45) is 5.92 Å². The minimum absolute atomic E-state index is 0.000789. The summed E-state index contributed by atoms with van der Waals surface area (Å²) in [5, 5.41) is 3.66. The van der Waals surface area contributed by atoms with Crippen LogP contribution in [0.15, 0.2) is 46.7 Å². The van der Waals surface area contributed by atoms with Crippen LogP contribution in [0.2, 0.25) is 4.34 Å². The fourth-order valence-corrected chi connectivity index (χ4v) is 8.61. The Bertz CT molecular complexity index is 1640. The van der Waals surface area contributed by atoms with E-state index < -0.39 is 31.5 Å². The first-order valence-corrected chi connectivity index (χ1v) is 18.8. The van der Waals surface area contributed by atoms with E-state index in [0.717, 1.165) is 5.41 Å². The molecule has 2 aromatic rings. The van der Waals surface area contributed by atoms with Gasteiger partial charge in [-0.25, -0.2) is 26.3 Å². The van der Waals surface area contributed by atoms with Gasteiger partial charge >= 0.3 is 0 Å². The molecule has 3 heterocycles. The molecular formula is C29H38ClN5O7S3. The van der Waals surface area contributed by atoms with Crippen LogP contribution in [-0.2, 0) is 34.4 Å². The summed E-state index contributed by atoms with van der Waals surface area (Å²) < 4.78 is 56.4. The van der Waals surface area contributed by atoms with E-state index in [2.05, 4.69) is 14.8 Å². The van der Waals surface area contributed by atoms with Gasteiger partial charge in [0.05, 0.1) is 21.3 Å². The molecule has 2 saturated heterocycles. The second-order valence-corrected chi connectivity index (χ2v) is 16.6. The Labute approximate surface area is 273 Å². The van der Waals surface area contributed by atoms with Gasteiger partial charge in [-0.2, -0.15) is 0 Å². The van der Waals surface area contributed by atoms with Crippen molar-refractivity contribution < 1.29 is 31.2 Å². The molecule has 45 heavy (non-hydrogen) atoms. The Hall–Kier alpha value is -2.82. The van der Waals surface area contributed by atoms with Crippen LogP contribution in [0, 0.1) is 5.92 Å². The minimum Gasteiger partial charge on any atom is -0.334 e. The van der Waals surface area contributed by atoms with Gasteiger partial charge in [-0.15, -0.1) is 11.3 Å². The van der Waals surface area contributed by atoms with E-state index in [0.29, 0.717) is 60.1 Å². The Morgan fingerprint density at radius 1 is 1.07 bits per heavy atom. The molecule has 0 bridgehead atoms. The molecule has 0 saturated carbocycles. The Morgan fingerprint density at radius 3 is 2.47 bits per heavy atom. The predicted octanol–water partition coefficient (Wildman–Crippen LogP) is 3.24. The number of piperidine rings is 1. The van der Waals surface area contributed by atoms with Crippen LogP contribution in [0.25, 0.3) is 6.08 Å². The maximum atomic E-state index is 13.5. The molecule has 0 unspecified atom stereocenters. The zero-order valence-corrected chi connectivity index (χ0v) is 28.3. The monoisotopic (exact) mass is 699 g/mol. The quantitative estimate of drug-likeness (QED) is 0.289. The molecule has 2 aliphatic rings. The van der Waals surface area contributed by atoms with Gasteiger partial charge in [0, 0.05) is 55.0 Å². The molecular weight excluding hydrogens is 662 g/mol. The number of sulfonamides is 2. The third-order valence-electron chi connectivity index (χ3n) is 7.95. The second kappa shape index (κ2) is 14.7. The number of hydrogen-bond donors (Lipinski definition) is 3. The number of amides is 3. The zero-order valence-electron chi connectivity index (χ0n) is 25.1. The number of nitrogens with one attached hydrogen (secondary N) is 3. The van der Waals surface area contributed by atoms with Crippen LogP contribution >= 0.6 is 22.9 Å². The highest BCUT2D eigenvalue weighted by atomic mass is 35.5. The number of nitrogens with zero attached hydrogens (tertiary/aromatic N) is 2. The number of benzene rings is 1. The van der Waals surface area contributed by atoms with Gasteiger partial charge < -0.3 is 15.1 Å². The number of carbonyl (C=O) groups excluding carboxylic acids is 3. The Kier molecular flexibility index (Phi) is 11.5. The smallest absolute Gasteiger partial charge is 0.242 e. The van der Waals surface area contributed by atoms with Gasteiger partial charge in [0.25, 0.3) is 0 Å². The number of rotatable bonds is 13. The molecule has 3 N–H and O–H groups in total. The lowest BCUT2D eigenvalue weighted by atomic mass is 9.93. The molecule has 1 aromatic carbocycles. The average Bonchev–Trinajstić information content (AvgIpc) is 3.58. The first kappa shape index (κ1) is 35.0. The molecule has 2 atom stereocenters. The van der Waals surface area contributed by atoms with E-state index in [1.54, 1.807) is 17.0 Å². The molecule has 2 aliphatic heterocycles. The largest absolute Gasteiger partial charge is 0.334 e. The Balaban J connectivity index is 1.29. The molecule has 4 rings (SSSR count). The van der Waals surface area contributed by atoms with Crippen molar-refractivity contribution in [2.75, 3.05) is 38.0 Å². The highest BCUT2D eigenvalue weighted by molar-refractivity contribution is 7.92. The van der Waals surface area contributed by atoms with Crippen molar-refractivity contribution in [1.82, 2.24) is 19.2 Å². The van der Waals surface area contributed by atoms with E-state index in [-0.39, 0.29) is 42.3 Å². The number of hydrogen-bond acceptors (Lipinski definition) is 8. The lowest BCUT2D eigenvalue weighted by molar-refractivity contribution is -0.146. The number of thiophene rings is 1. The molecule has 2 fully saturated rings. The van der Waals surface area contributed by atoms with Crippen molar-refractivity contribution in [1.29, 1.82) is 0 Å². The van der Waals surface area contributed by atoms with E-state index in [1.165, 1.54) is 53.5 Å². The van der Waals surface area contributed by atoms with Gasteiger partial charge in [-0.1, -0.05) is 11.6 Å². The molecule has 0 radical (unpaired) electrons. The summed E-state index contributed by atoms with van der Waals surface area (Å²) in [7, 11) is -7.59. The maximum absolute atomic E-state index is 13.5. The van der Waals surface area contributed by atoms with Crippen molar-refractivity contribution in [3.63, 3.8) is 0 Å². The van der Waals surface area contributed by atoms with E-state index in [1.807, 2.05) is 6.92 Å². The van der Waals surface area contributed by atoms with Gasteiger partial charge in [-0.05, 0) is 81.5 Å². The summed E-state index contributed by atoms with van der Waals surface area (Å²) in [4.78, 5) is 41.8. The van der Waals surface area contributed by atoms with Crippen molar-refractivity contribution in [3.8, 4) is 0 Å². The van der Waals surface area contributed by atoms with Crippen LogP contribution in [0.1, 0.15) is 50.8 Å². The third kappa shape index (κ3) is 9.59. The van der Waals surface area contributed by atoms with E-state index in [4.69, 9.17) is 11.6 Å². The highest BCUT2D eigenvalue weighted by Gasteiger charge is 2.41. The summed E-state index contributed by atoms with van der Waals surface area (Å²) in [6.45, 7) is 4.01. The highest BCUT2D eigenvalue weighted by Crippen LogP contribution is 2.30. The van der Waals surface area contributed by atoms with Crippen LogP contribution in [0.3, 0.4) is 0 Å². The third-order valence-corrected chi connectivity index (χ3v) is 11.7. The summed E-state index contributed by atoms with van der Waals surface area (Å²) >= 11 is 7.14. The molecule has 3 amide bonds. The molecule has 0 aliphatic carbocycles. The lowest BCUT2D eigenvalue weighted by Gasteiger charge is -2.38. The van der Waals surface area contributed by atoms with Crippen molar-refractivity contribution in [2.45, 2.75) is 56.4 Å². The molecule has 0 spiro atoms. The molecule has 1 aromatic heterocycles.